The molecule has 2 heterocycles. The van der Waals surface area contributed by atoms with Gasteiger partial charge in [0.25, 0.3) is 15.9 Å². The molecule has 1 N–H and O–H groups in total. The molecule has 1 saturated heterocycles. The quantitative estimate of drug-likeness (QED) is 0.600. The van der Waals surface area contributed by atoms with Gasteiger partial charge in [-0.05, 0) is 48.9 Å². The summed E-state index contributed by atoms with van der Waals surface area (Å²) < 4.78 is 33.1. The van der Waals surface area contributed by atoms with E-state index in [1.807, 2.05) is 25.1 Å². The lowest BCUT2D eigenvalue weighted by Crippen LogP contribution is -2.49. The average Bonchev–Trinajstić information content (AvgIpc) is 2.84. The van der Waals surface area contributed by atoms with E-state index in [0.29, 0.717) is 43.2 Å². The standard InChI is InChI=1S/C24H26N4O4S/c1-18-6-5-7-20(16-18)33(30,31)26-19-10-11-23(25-17-19)27-12-14-28(15-13-27)24(29)21-8-3-4-9-22(21)32-2/h3-11,16-17,26H,12-15H2,1-2H3. The number of rotatable bonds is 6. The van der Waals surface area contributed by atoms with Gasteiger partial charge in [0, 0.05) is 26.2 Å². The van der Waals surface area contributed by atoms with Gasteiger partial charge in [0.2, 0.25) is 0 Å². The lowest BCUT2D eigenvalue weighted by molar-refractivity contribution is 0.0743. The minimum atomic E-state index is -3.68. The maximum Gasteiger partial charge on any atom is 0.261 e. The number of anilines is 2. The van der Waals surface area contributed by atoms with Crippen LogP contribution in [0.5, 0.6) is 5.75 Å². The summed E-state index contributed by atoms with van der Waals surface area (Å²) in [5, 5.41) is 0. The summed E-state index contributed by atoms with van der Waals surface area (Å²) in [5.74, 6) is 1.24. The molecule has 1 aliphatic rings. The number of carbonyl (C=O) groups is 1. The molecule has 4 rings (SSSR count). The van der Waals surface area contributed by atoms with Crippen LogP contribution in [0.4, 0.5) is 11.5 Å². The highest BCUT2D eigenvalue weighted by molar-refractivity contribution is 7.92. The summed E-state index contributed by atoms with van der Waals surface area (Å²) in [6.45, 7) is 4.21. The Kier molecular flexibility index (Phi) is 6.50. The number of piperazine rings is 1. The third-order valence-electron chi connectivity index (χ3n) is 5.53. The Morgan fingerprint density at radius 3 is 2.42 bits per heavy atom. The van der Waals surface area contributed by atoms with Crippen LogP contribution in [0.3, 0.4) is 0 Å². The molecule has 1 fully saturated rings. The van der Waals surface area contributed by atoms with Crippen molar-refractivity contribution in [1.29, 1.82) is 0 Å². The predicted molar refractivity (Wildman–Crippen MR) is 127 cm³/mol. The summed E-state index contributed by atoms with van der Waals surface area (Å²) in [7, 11) is -2.12. The molecule has 2 aromatic carbocycles. The Morgan fingerprint density at radius 2 is 1.76 bits per heavy atom. The van der Waals surface area contributed by atoms with E-state index in [1.54, 1.807) is 54.5 Å². The molecule has 172 valence electrons. The summed E-state index contributed by atoms with van der Waals surface area (Å²) in [5.41, 5.74) is 1.82. The van der Waals surface area contributed by atoms with E-state index in [-0.39, 0.29) is 10.8 Å². The number of ether oxygens (including phenoxy) is 1. The zero-order valence-electron chi connectivity index (χ0n) is 18.6. The molecule has 0 unspecified atom stereocenters. The van der Waals surface area contributed by atoms with Gasteiger partial charge in [-0.15, -0.1) is 0 Å². The van der Waals surface area contributed by atoms with Crippen LogP contribution < -0.4 is 14.4 Å². The van der Waals surface area contributed by atoms with Crippen molar-refractivity contribution in [3.63, 3.8) is 0 Å². The number of benzene rings is 2. The second kappa shape index (κ2) is 9.50. The summed E-state index contributed by atoms with van der Waals surface area (Å²) in [4.78, 5) is 21.4. The van der Waals surface area contributed by atoms with Crippen LogP contribution in [-0.4, -0.2) is 57.5 Å². The third kappa shape index (κ3) is 5.09. The Morgan fingerprint density at radius 1 is 1.00 bits per heavy atom. The van der Waals surface area contributed by atoms with Crippen LogP contribution in [0, 0.1) is 6.92 Å². The van der Waals surface area contributed by atoms with Crippen LogP contribution in [-0.2, 0) is 10.0 Å². The first-order chi connectivity index (χ1) is 15.9. The lowest BCUT2D eigenvalue weighted by Gasteiger charge is -2.35. The van der Waals surface area contributed by atoms with Crippen LogP contribution >= 0.6 is 0 Å². The molecular weight excluding hydrogens is 440 g/mol. The molecule has 1 aromatic heterocycles. The molecule has 1 amide bonds. The number of sulfonamides is 1. The predicted octanol–water partition coefficient (Wildman–Crippen LogP) is 3.16. The van der Waals surface area contributed by atoms with Gasteiger partial charge in [0.1, 0.15) is 11.6 Å². The fourth-order valence-electron chi connectivity index (χ4n) is 3.76. The van der Waals surface area contributed by atoms with Crippen molar-refractivity contribution < 1.29 is 17.9 Å². The van der Waals surface area contributed by atoms with Crippen LogP contribution in [0.1, 0.15) is 15.9 Å². The number of para-hydroxylation sites is 1. The molecule has 0 aliphatic carbocycles. The highest BCUT2D eigenvalue weighted by Crippen LogP contribution is 2.22. The first-order valence-electron chi connectivity index (χ1n) is 10.6. The van der Waals surface area contributed by atoms with Crippen molar-refractivity contribution in [2.45, 2.75) is 11.8 Å². The molecule has 33 heavy (non-hydrogen) atoms. The van der Waals surface area contributed by atoms with E-state index in [2.05, 4.69) is 14.6 Å². The van der Waals surface area contributed by atoms with Crippen molar-refractivity contribution in [1.82, 2.24) is 9.88 Å². The second-order valence-electron chi connectivity index (χ2n) is 7.81. The van der Waals surface area contributed by atoms with Crippen molar-refractivity contribution in [2.75, 3.05) is 42.9 Å². The van der Waals surface area contributed by atoms with Crippen molar-refractivity contribution in [3.8, 4) is 5.75 Å². The fraction of sp³-hybridized carbons (Fsp3) is 0.250. The van der Waals surface area contributed by atoms with Gasteiger partial charge in [-0.25, -0.2) is 13.4 Å². The Balaban J connectivity index is 1.38. The van der Waals surface area contributed by atoms with E-state index in [0.717, 1.165) is 11.4 Å². The number of aromatic nitrogens is 1. The number of hydrogen-bond donors (Lipinski definition) is 1. The number of aryl methyl sites for hydroxylation is 1. The molecule has 3 aromatic rings. The average molecular weight is 467 g/mol. The van der Waals surface area contributed by atoms with Gasteiger partial charge in [0.15, 0.2) is 0 Å². The summed E-state index contributed by atoms with van der Waals surface area (Å²) in [6, 6.07) is 17.4. The highest BCUT2D eigenvalue weighted by atomic mass is 32.2. The first kappa shape index (κ1) is 22.6. The Labute approximate surface area is 193 Å². The SMILES string of the molecule is COc1ccccc1C(=O)N1CCN(c2ccc(NS(=O)(=O)c3cccc(C)c3)cn2)CC1. The number of hydrogen-bond acceptors (Lipinski definition) is 6. The number of pyridine rings is 1. The second-order valence-corrected chi connectivity index (χ2v) is 9.49. The van der Waals surface area contributed by atoms with E-state index in [4.69, 9.17) is 4.74 Å². The zero-order chi connectivity index (χ0) is 23.4. The number of amides is 1. The molecule has 0 radical (unpaired) electrons. The van der Waals surface area contributed by atoms with E-state index in [1.165, 1.54) is 6.20 Å². The smallest absolute Gasteiger partial charge is 0.261 e. The lowest BCUT2D eigenvalue weighted by atomic mass is 10.1. The summed E-state index contributed by atoms with van der Waals surface area (Å²) in [6.07, 6.45) is 1.51. The molecule has 9 heteroatoms. The van der Waals surface area contributed by atoms with Gasteiger partial charge < -0.3 is 14.5 Å². The maximum atomic E-state index is 12.9. The highest BCUT2D eigenvalue weighted by Gasteiger charge is 2.25. The molecule has 1 aliphatic heterocycles. The van der Waals surface area contributed by atoms with Gasteiger partial charge in [0.05, 0.1) is 29.5 Å². The monoisotopic (exact) mass is 466 g/mol. The Hall–Kier alpha value is -3.59. The van der Waals surface area contributed by atoms with Crippen molar-refractivity contribution in [3.05, 3.63) is 78.0 Å². The third-order valence-corrected chi connectivity index (χ3v) is 6.91. The number of nitrogens with zero attached hydrogens (tertiary/aromatic N) is 3. The largest absolute Gasteiger partial charge is 0.496 e. The minimum Gasteiger partial charge on any atom is -0.496 e. The number of nitrogens with one attached hydrogen (secondary N) is 1. The Bertz CT molecular complexity index is 1240. The number of methoxy groups -OCH3 is 1. The van der Waals surface area contributed by atoms with Gasteiger partial charge >= 0.3 is 0 Å². The van der Waals surface area contributed by atoms with Gasteiger partial charge in [-0.3, -0.25) is 9.52 Å². The number of carbonyl (C=O) groups excluding carboxylic acids is 1. The first-order valence-corrected chi connectivity index (χ1v) is 12.1. The van der Waals surface area contributed by atoms with Crippen LogP contribution in [0.25, 0.3) is 0 Å². The zero-order valence-corrected chi connectivity index (χ0v) is 19.4. The molecule has 0 spiro atoms. The van der Waals surface area contributed by atoms with Gasteiger partial charge in [-0.1, -0.05) is 24.3 Å². The van der Waals surface area contributed by atoms with Gasteiger partial charge in [-0.2, -0.15) is 0 Å². The van der Waals surface area contributed by atoms with Crippen LogP contribution in [0.15, 0.2) is 71.8 Å². The molecule has 0 atom stereocenters. The minimum absolute atomic E-state index is 0.0547. The van der Waals surface area contributed by atoms with Crippen molar-refractivity contribution >= 4 is 27.4 Å². The summed E-state index contributed by atoms with van der Waals surface area (Å²) >= 11 is 0. The molecule has 0 bridgehead atoms. The van der Waals surface area contributed by atoms with Crippen LogP contribution in [0.2, 0.25) is 0 Å². The fourth-order valence-corrected chi connectivity index (χ4v) is 4.91. The molecular formula is C24H26N4O4S. The maximum absolute atomic E-state index is 12.9. The normalized spacial score (nSPS) is 14.1. The molecule has 0 saturated carbocycles. The van der Waals surface area contributed by atoms with E-state index >= 15 is 0 Å². The molecule has 8 nitrogen and oxygen atoms in total. The topological polar surface area (TPSA) is 91.8 Å². The van der Waals surface area contributed by atoms with E-state index in [9.17, 15) is 13.2 Å². The van der Waals surface area contributed by atoms with E-state index < -0.39 is 10.0 Å². The van der Waals surface area contributed by atoms with Crippen molar-refractivity contribution in [2.24, 2.45) is 0 Å².